The minimum absolute atomic E-state index is 0.120. The number of hydrogen-bond acceptors (Lipinski definition) is 3. The maximum absolute atomic E-state index is 12.2. The Morgan fingerprint density at radius 1 is 0.800 bits per heavy atom. The highest BCUT2D eigenvalue weighted by molar-refractivity contribution is 5.78. The normalized spacial score (nSPS) is 12.2. The van der Waals surface area contributed by atoms with Gasteiger partial charge in [0.05, 0.1) is 5.54 Å². The second-order valence-electron chi connectivity index (χ2n) is 7.10. The molecule has 0 aliphatic carbocycles. The van der Waals surface area contributed by atoms with Crippen LogP contribution in [0.2, 0.25) is 0 Å². The molecule has 0 unspecified atom stereocenters. The average molecular weight is 402 g/mol. The molecule has 1 atom stereocenters. The molecule has 0 aliphatic rings. The fourth-order valence-electron chi connectivity index (χ4n) is 3.73. The van der Waals surface area contributed by atoms with Crippen LogP contribution in [0.4, 0.5) is 0 Å². The van der Waals surface area contributed by atoms with Crippen molar-refractivity contribution in [1.29, 1.82) is 0 Å². The topological polar surface area (TPSA) is 78.4 Å². The van der Waals surface area contributed by atoms with E-state index in [0.29, 0.717) is 0 Å². The van der Waals surface area contributed by atoms with Crippen LogP contribution in [0.25, 0.3) is 0 Å². The maximum atomic E-state index is 12.2. The highest BCUT2D eigenvalue weighted by atomic mass is 16.4. The van der Waals surface area contributed by atoms with E-state index in [0.717, 1.165) is 16.7 Å². The largest absolute Gasteiger partial charge is 0.480 e. The van der Waals surface area contributed by atoms with Gasteiger partial charge in [-0.2, -0.15) is 0 Å². The Morgan fingerprint density at radius 2 is 1.20 bits per heavy atom. The Labute approximate surface area is 176 Å². The smallest absolute Gasteiger partial charge is 0.320 e. The summed E-state index contributed by atoms with van der Waals surface area (Å²) in [5, 5.41) is 15.9. The first-order valence-electron chi connectivity index (χ1n) is 9.95. The predicted molar refractivity (Wildman–Crippen MR) is 117 cm³/mol. The van der Waals surface area contributed by atoms with Crippen molar-refractivity contribution in [3.8, 4) is 0 Å². The Bertz CT molecular complexity index is 863. The number of carboxylic acid groups (broad SMARTS) is 1. The van der Waals surface area contributed by atoms with Crippen LogP contribution in [0.3, 0.4) is 0 Å². The number of carboxylic acids is 1. The lowest BCUT2D eigenvalue weighted by atomic mass is 9.76. The zero-order valence-corrected chi connectivity index (χ0v) is 16.9. The quantitative estimate of drug-likeness (QED) is 0.479. The lowest BCUT2D eigenvalue weighted by Crippen LogP contribution is -2.52. The molecule has 0 heterocycles. The van der Waals surface area contributed by atoms with E-state index in [-0.39, 0.29) is 18.7 Å². The van der Waals surface area contributed by atoms with Gasteiger partial charge in [-0.3, -0.25) is 14.9 Å². The van der Waals surface area contributed by atoms with Crippen molar-refractivity contribution in [1.82, 2.24) is 10.6 Å². The first-order valence-corrected chi connectivity index (χ1v) is 9.95. The van der Waals surface area contributed by atoms with Crippen molar-refractivity contribution in [3.05, 3.63) is 108 Å². The van der Waals surface area contributed by atoms with E-state index in [1.165, 1.54) is 0 Å². The van der Waals surface area contributed by atoms with Gasteiger partial charge in [-0.15, -0.1) is 0 Å². The van der Waals surface area contributed by atoms with Crippen molar-refractivity contribution in [2.24, 2.45) is 0 Å². The van der Waals surface area contributed by atoms with Crippen LogP contribution in [0.1, 0.15) is 29.5 Å². The van der Waals surface area contributed by atoms with Gasteiger partial charge in [-0.25, -0.2) is 0 Å². The highest BCUT2D eigenvalue weighted by Gasteiger charge is 2.39. The van der Waals surface area contributed by atoms with Crippen LogP contribution < -0.4 is 10.6 Å². The maximum Gasteiger partial charge on any atom is 0.320 e. The van der Waals surface area contributed by atoms with Gasteiger partial charge in [0.25, 0.3) is 0 Å². The lowest BCUT2D eigenvalue weighted by molar-refractivity contribution is -0.140. The highest BCUT2D eigenvalue weighted by Crippen LogP contribution is 2.37. The molecule has 0 saturated heterocycles. The summed E-state index contributed by atoms with van der Waals surface area (Å²) in [5.74, 6) is -1.18. The van der Waals surface area contributed by atoms with E-state index in [2.05, 4.69) is 10.6 Å². The van der Waals surface area contributed by atoms with Gasteiger partial charge in [0, 0.05) is 13.5 Å². The monoisotopic (exact) mass is 402 g/mol. The van der Waals surface area contributed by atoms with E-state index in [1.54, 1.807) is 7.05 Å². The molecule has 3 aromatic rings. The van der Waals surface area contributed by atoms with E-state index in [4.69, 9.17) is 0 Å². The number of nitrogens with one attached hydrogen (secondary N) is 2. The van der Waals surface area contributed by atoms with Crippen molar-refractivity contribution in [2.45, 2.75) is 24.4 Å². The Balaban J connectivity index is 2.17. The summed E-state index contributed by atoms with van der Waals surface area (Å²) >= 11 is 0. The van der Waals surface area contributed by atoms with E-state index in [1.807, 2.05) is 91.0 Å². The predicted octanol–water partition coefficient (Wildman–Crippen LogP) is 3.55. The Morgan fingerprint density at radius 3 is 1.53 bits per heavy atom. The summed E-state index contributed by atoms with van der Waals surface area (Å²) in [5.41, 5.74) is 1.88. The van der Waals surface area contributed by atoms with Gasteiger partial charge in [0.15, 0.2) is 0 Å². The number of carbonyl (C=O) groups excluding carboxylic acids is 1. The first kappa shape index (κ1) is 21.3. The van der Waals surface area contributed by atoms with Crippen LogP contribution in [0.5, 0.6) is 0 Å². The summed E-state index contributed by atoms with van der Waals surface area (Å²) < 4.78 is 0. The number of amides is 1. The second kappa shape index (κ2) is 9.85. The zero-order valence-electron chi connectivity index (χ0n) is 16.9. The molecule has 0 aliphatic heterocycles. The molecule has 3 N–H and O–H groups in total. The van der Waals surface area contributed by atoms with Crippen LogP contribution in [-0.2, 0) is 15.1 Å². The average Bonchev–Trinajstić information content (AvgIpc) is 2.80. The van der Waals surface area contributed by atoms with Crippen molar-refractivity contribution < 1.29 is 14.7 Å². The zero-order chi connectivity index (χ0) is 21.4. The standard InChI is InChI=1S/C25H26N2O3/c1-26-23(28)18-17-22(24(29)30)27-25(19-11-5-2-6-12-19,20-13-7-3-8-14-20)21-15-9-4-10-16-21/h2-16,22,27H,17-18H2,1H3,(H,26,28)(H,29,30)/t22-/m0/s1. The van der Waals surface area contributed by atoms with E-state index >= 15 is 0 Å². The Kier molecular flexibility index (Phi) is 6.99. The summed E-state index contributed by atoms with van der Waals surface area (Å²) in [6.07, 6.45) is 0.290. The molecule has 3 rings (SSSR count). The molecular formula is C25H26N2O3. The third kappa shape index (κ3) is 4.58. The number of aliphatic carboxylic acids is 1. The van der Waals surface area contributed by atoms with Crippen molar-refractivity contribution >= 4 is 11.9 Å². The fraction of sp³-hybridized carbons (Fsp3) is 0.200. The molecule has 30 heavy (non-hydrogen) atoms. The fourth-order valence-corrected chi connectivity index (χ4v) is 3.73. The van der Waals surface area contributed by atoms with Crippen LogP contribution in [-0.4, -0.2) is 30.1 Å². The molecule has 5 heteroatoms. The number of rotatable bonds is 9. The minimum atomic E-state index is -0.994. The molecular weight excluding hydrogens is 376 g/mol. The van der Waals surface area contributed by atoms with E-state index in [9.17, 15) is 14.7 Å². The van der Waals surface area contributed by atoms with Crippen molar-refractivity contribution in [2.75, 3.05) is 7.05 Å². The Hall–Kier alpha value is -3.44. The molecule has 5 nitrogen and oxygen atoms in total. The van der Waals surface area contributed by atoms with E-state index < -0.39 is 17.6 Å². The van der Waals surface area contributed by atoms with Gasteiger partial charge in [-0.05, 0) is 23.1 Å². The second-order valence-corrected chi connectivity index (χ2v) is 7.10. The molecule has 0 saturated carbocycles. The molecule has 154 valence electrons. The first-order chi connectivity index (χ1) is 14.6. The SMILES string of the molecule is CNC(=O)CC[C@H](NC(c1ccccc1)(c1ccccc1)c1ccccc1)C(=O)O. The number of carbonyl (C=O) groups is 2. The summed E-state index contributed by atoms with van der Waals surface area (Å²) in [7, 11) is 1.55. The van der Waals surface area contributed by atoms with Gasteiger partial charge in [0.1, 0.15) is 6.04 Å². The third-order valence-electron chi connectivity index (χ3n) is 5.25. The van der Waals surface area contributed by atoms with Gasteiger partial charge in [-0.1, -0.05) is 91.0 Å². The van der Waals surface area contributed by atoms with Gasteiger partial charge in [0.2, 0.25) is 5.91 Å². The van der Waals surface area contributed by atoms with Crippen molar-refractivity contribution in [3.63, 3.8) is 0 Å². The van der Waals surface area contributed by atoms with Gasteiger partial charge >= 0.3 is 5.97 Å². The molecule has 0 radical (unpaired) electrons. The number of hydrogen-bond donors (Lipinski definition) is 3. The van der Waals surface area contributed by atoms with Crippen LogP contribution in [0.15, 0.2) is 91.0 Å². The molecule has 0 spiro atoms. The molecule has 3 aromatic carbocycles. The van der Waals surface area contributed by atoms with Crippen LogP contribution in [0, 0.1) is 0 Å². The molecule has 0 bridgehead atoms. The summed E-state index contributed by atoms with van der Waals surface area (Å²) in [6.45, 7) is 0. The van der Waals surface area contributed by atoms with Gasteiger partial charge < -0.3 is 10.4 Å². The molecule has 0 fully saturated rings. The summed E-state index contributed by atoms with van der Waals surface area (Å²) in [6, 6.07) is 28.5. The molecule has 0 aromatic heterocycles. The lowest BCUT2D eigenvalue weighted by Gasteiger charge is -2.39. The number of benzene rings is 3. The van der Waals surface area contributed by atoms with Crippen LogP contribution >= 0.6 is 0 Å². The molecule has 1 amide bonds. The minimum Gasteiger partial charge on any atom is -0.480 e. The third-order valence-corrected chi connectivity index (χ3v) is 5.25. The summed E-state index contributed by atoms with van der Waals surface area (Å²) in [4.78, 5) is 24.0.